The molecular formula is C17H15ClN2O3S. The van der Waals surface area contributed by atoms with Gasteiger partial charge in [-0.15, -0.1) is 0 Å². The number of nitrogens with one attached hydrogen (secondary N) is 1. The van der Waals surface area contributed by atoms with Gasteiger partial charge in [0.25, 0.3) is 10.0 Å². The van der Waals surface area contributed by atoms with Gasteiger partial charge in [0, 0.05) is 10.4 Å². The number of ether oxygens (including phenoxy) is 1. The van der Waals surface area contributed by atoms with E-state index in [9.17, 15) is 8.42 Å². The zero-order chi connectivity index (χ0) is 17.2. The Morgan fingerprint density at radius 1 is 1.17 bits per heavy atom. The van der Waals surface area contributed by atoms with Crippen LogP contribution in [-0.4, -0.2) is 20.0 Å². The van der Waals surface area contributed by atoms with Crippen LogP contribution in [0.2, 0.25) is 5.02 Å². The average molecular weight is 363 g/mol. The molecule has 0 bridgehead atoms. The van der Waals surface area contributed by atoms with E-state index in [1.54, 1.807) is 25.1 Å². The van der Waals surface area contributed by atoms with Crippen LogP contribution in [0.1, 0.15) is 6.92 Å². The highest BCUT2D eigenvalue weighted by Gasteiger charge is 2.20. The third-order valence-corrected chi connectivity index (χ3v) is 4.98. The average Bonchev–Trinajstić information content (AvgIpc) is 2.56. The van der Waals surface area contributed by atoms with Crippen molar-refractivity contribution in [3.63, 3.8) is 0 Å². The maximum absolute atomic E-state index is 12.7. The maximum Gasteiger partial charge on any atom is 0.265 e. The molecule has 0 atom stereocenters. The lowest BCUT2D eigenvalue weighted by atomic mass is 10.2. The third kappa shape index (κ3) is 3.44. The Bertz CT molecular complexity index is 990. The van der Waals surface area contributed by atoms with Crippen LogP contribution in [0.25, 0.3) is 10.9 Å². The molecule has 0 saturated heterocycles. The first-order valence-electron chi connectivity index (χ1n) is 7.29. The number of rotatable bonds is 5. The van der Waals surface area contributed by atoms with Gasteiger partial charge in [-0.25, -0.2) is 8.42 Å². The summed E-state index contributed by atoms with van der Waals surface area (Å²) < 4.78 is 33.3. The predicted molar refractivity (Wildman–Crippen MR) is 95.2 cm³/mol. The normalized spacial score (nSPS) is 11.4. The number of anilines is 1. The van der Waals surface area contributed by atoms with E-state index >= 15 is 0 Å². The van der Waals surface area contributed by atoms with E-state index in [-0.39, 0.29) is 10.6 Å². The van der Waals surface area contributed by atoms with Crippen molar-refractivity contribution in [1.29, 1.82) is 0 Å². The van der Waals surface area contributed by atoms with Gasteiger partial charge < -0.3 is 4.74 Å². The van der Waals surface area contributed by atoms with E-state index < -0.39 is 10.0 Å². The summed E-state index contributed by atoms with van der Waals surface area (Å²) in [6.45, 7) is 2.13. The number of fused-ring (bicyclic) bond motifs is 1. The molecule has 5 nitrogen and oxygen atoms in total. The number of nitrogens with zero attached hydrogens (tertiary/aromatic N) is 1. The van der Waals surface area contributed by atoms with Crippen molar-refractivity contribution in [2.75, 3.05) is 11.3 Å². The first-order valence-corrected chi connectivity index (χ1v) is 9.15. The molecule has 0 unspecified atom stereocenters. The smallest absolute Gasteiger partial charge is 0.265 e. The van der Waals surface area contributed by atoms with Crippen LogP contribution in [0, 0.1) is 0 Å². The van der Waals surface area contributed by atoms with Gasteiger partial charge in [-0.05, 0) is 37.3 Å². The Balaban J connectivity index is 1.99. The summed E-state index contributed by atoms with van der Waals surface area (Å²) in [6, 6.07) is 13.7. The molecular weight excluding hydrogens is 348 g/mol. The monoisotopic (exact) mass is 362 g/mol. The number of para-hydroxylation sites is 1. The summed E-state index contributed by atoms with van der Waals surface area (Å²) in [5, 5.41) is 1.16. The van der Waals surface area contributed by atoms with Gasteiger partial charge in [0.1, 0.15) is 10.6 Å². The topological polar surface area (TPSA) is 68.3 Å². The Labute approximate surface area is 145 Å². The fraction of sp³-hybridized carbons (Fsp3) is 0.118. The molecule has 24 heavy (non-hydrogen) atoms. The third-order valence-electron chi connectivity index (χ3n) is 3.34. The number of halogens is 1. The lowest BCUT2D eigenvalue weighted by Crippen LogP contribution is -2.14. The number of sulfonamides is 1. The summed E-state index contributed by atoms with van der Waals surface area (Å²) in [4.78, 5) is 4.24. The molecule has 2 aromatic carbocycles. The summed E-state index contributed by atoms with van der Waals surface area (Å²) in [7, 11) is -3.86. The predicted octanol–water partition coefficient (Wildman–Crippen LogP) is 4.09. The molecule has 0 aliphatic heterocycles. The largest absolute Gasteiger partial charge is 0.492 e. The second-order valence-electron chi connectivity index (χ2n) is 5.05. The van der Waals surface area contributed by atoms with Gasteiger partial charge in [0.15, 0.2) is 0 Å². The minimum atomic E-state index is -3.86. The minimum absolute atomic E-state index is 0.00925. The minimum Gasteiger partial charge on any atom is -0.492 e. The van der Waals surface area contributed by atoms with Crippen molar-refractivity contribution in [1.82, 2.24) is 4.98 Å². The molecule has 0 amide bonds. The fourth-order valence-electron chi connectivity index (χ4n) is 2.30. The van der Waals surface area contributed by atoms with Crippen LogP contribution in [0.3, 0.4) is 0 Å². The van der Waals surface area contributed by atoms with E-state index in [0.717, 1.165) is 10.9 Å². The van der Waals surface area contributed by atoms with E-state index in [0.29, 0.717) is 17.3 Å². The summed E-state index contributed by atoms with van der Waals surface area (Å²) in [5.74, 6) is 0.253. The highest BCUT2D eigenvalue weighted by molar-refractivity contribution is 7.92. The highest BCUT2D eigenvalue weighted by Crippen LogP contribution is 2.29. The summed E-state index contributed by atoms with van der Waals surface area (Å²) in [6.07, 6.45) is 1.48. The van der Waals surface area contributed by atoms with E-state index in [1.807, 2.05) is 24.3 Å². The van der Waals surface area contributed by atoms with Crippen molar-refractivity contribution >= 4 is 38.2 Å². The number of hydrogen-bond acceptors (Lipinski definition) is 4. The highest BCUT2D eigenvalue weighted by atomic mass is 35.5. The molecule has 1 heterocycles. The Morgan fingerprint density at radius 3 is 2.75 bits per heavy atom. The number of aromatic nitrogens is 1. The second-order valence-corrected chi connectivity index (χ2v) is 7.13. The van der Waals surface area contributed by atoms with Crippen LogP contribution >= 0.6 is 11.6 Å². The van der Waals surface area contributed by atoms with Crippen LogP contribution < -0.4 is 9.46 Å². The van der Waals surface area contributed by atoms with Gasteiger partial charge in [0.2, 0.25) is 0 Å². The van der Waals surface area contributed by atoms with Gasteiger partial charge in [-0.3, -0.25) is 9.71 Å². The molecule has 1 N–H and O–H groups in total. The van der Waals surface area contributed by atoms with E-state index in [1.165, 1.54) is 12.3 Å². The quantitative estimate of drug-likeness (QED) is 0.742. The van der Waals surface area contributed by atoms with Gasteiger partial charge in [0.05, 0.1) is 24.0 Å². The molecule has 0 radical (unpaired) electrons. The maximum atomic E-state index is 12.7. The molecule has 3 aromatic rings. The van der Waals surface area contributed by atoms with Crippen molar-refractivity contribution in [2.24, 2.45) is 0 Å². The van der Waals surface area contributed by atoms with Crippen molar-refractivity contribution in [2.45, 2.75) is 11.8 Å². The Kier molecular flexibility index (Phi) is 4.59. The molecule has 124 valence electrons. The molecule has 0 aliphatic carbocycles. The molecule has 7 heteroatoms. The number of benzene rings is 2. The Hall–Kier alpha value is -2.31. The lowest BCUT2D eigenvalue weighted by Gasteiger charge is -2.13. The Morgan fingerprint density at radius 2 is 1.96 bits per heavy atom. The van der Waals surface area contributed by atoms with Gasteiger partial charge in [-0.1, -0.05) is 29.8 Å². The summed E-state index contributed by atoms with van der Waals surface area (Å²) in [5.41, 5.74) is 1.16. The molecule has 0 spiro atoms. The molecule has 0 fully saturated rings. The zero-order valence-electron chi connectivity index (χ0n) is 12.9. The van der Waals surface area contributed by atoms with E-state index in [2.05, 4.69) is 9.71 Å². The molecule has 0 aliphatic rings. The second kappa shape index (κ2) is 6.67. The van der Waals surface area contributed by atoms with Gasteiger partial charge in [-0.2, -0.15) is 0 Å². The zero-order valence-corrected chi connectivity index (χ0v) is 14.4. The van der Waals surface area contributed by atoms with Crippen molar-refractivity contribution < 1.29 is 13.2 Å². The number of pyridine rings is 1. The first kappa shape index (κ1) is 16.5. The standard InChI is InChI=1S/C17H15ClN2O3S/c1-2-23-16-8-7-13(18)10-17(16)24(21,22)20-14-9-12-5-3-4-6-15(12)19-11-14/h3-11,20H,2H2,1H3. The number of hydrogen-bond donors (Lipinski definition) is 1. The van der Waals surface area contributed by atoms with Crippen LogP contribution in [0.5, 0.6) is 5.75 Å². The lowest BCUT2D eigenvalue weighted by molar-refractivity contribution is 0.331. The first-order chi connectivity index (χ1) is 11.5. The van der Waals surface area contributed by atoms with E-state index in [4.69, 9.17) is 16.3 Å². The van der Waals surface area contributed by atoms with Gasteiger partial charge >= 0.3 is 0 Å². The summed E-state index contributed by atoms with van der Waals surface area (Å²) >= 11 is 5.94. The van der Waals surface area contributed by atoms with Crippen molar-refractivity contribution in [3.8, 4) is 5.75 Å². The molecule has 1 aromatic heterocycles. The van der Waals surface area contributed by atoms with Crippen LogP contribution in [-0.2, 0) is 10.0 Å². The molecule has 0 saturated carbocycles. The van der Waals surface area contributed by atoms with Crippen LogP contribution in [0.15, 0.2) is 59.6 Å². The fourth-order valence-corrected chi connectivity index (χ4v) is 3.75. The molecule has 3 rings (SSSR count). The van der Waals surface area contributed by atoms with Crippen LogP contribution in [0.4, 0.5) is 5.69 Å². The van der Waals surface area contributed by atoms with Crippen molar-refractivity contribution in [3.05, 3.63) is 59.8 Å². The SMILES string of the molecule is CCOc1ccc(Cl)cc1S(=O)(=O)Nc1cnc2ccccc2c1.